The average molecular weight is 718 g/mol. The number of para-hydroxylation sites is 1. The first-order chi connectivity index (χ1) is 27.7. The zero-order valence-electron chi connectivity index (χ0n) is 30.6. The van der Waals surface area contributed by atoms with Gasteiger partial charge in [0.2, 0.25) is 0 Å². The molecule has 4 aliphatic rings. The molecular weight excluding hydrogens is 683 g/mol. The van der Waals surface area contributed by atoms with E-state index in [1.54, 1.807) is 0 Å². The van der Waals surface area contributed by atoms with Crippen LogP contribution in [0.15, 0.2) is 194 Å². The summed E-state index contributed by atoms with van der Waals surface area (Å²) in [5.74, 6) is 2.94. The van der Waals surface area contributed by atoms with E-state index in [1.165, 1.54) is 55.3 Å². The predicted octanol–water partition coefficient (Wildman–Crippen LogP) is 14.3. The van der Waals surface area contributed by atoms with Gasteiger partial charge in [0.25, 0.3) is 0 Å². The largest absolute Gasteiger partial charge is 0.449 e. The summed E-state index contributed by atoms with van der Waals surface area (Å²) in [7, 11) is 0. The molecule has 8 aromatic rings. The Balaban J connectivity index is 0.918. The second kappa shape index (κ2) is 11.9. The molecule has 3 heteroatoms. The third kappa shape index (κ3) is 4.46. The fraction of sp³-hybridized carbons (Fsp3) is 0.0566. The van der Waals surface area contributed by atoms with Crippen LogP contribution in [0, 0.1) is 0 Å². The van der Waals surface area contributed by atoms with Crippen molar-refractivity contribution in [1.29, 1.82) is 0 Å². The van der Waals surface area contributed by atoms with Gasteiger partial charge in [0.1, 0.15) is 0 Å². The number of benzene rings is 8. The van der Waals surface area contributed by atoms with Gasteiger partial charge in [-0.05, 0) is 140 Å². The Bertz CT molecular complexity index is 2980. The molecule has 264 valence electrons. The lowest BCUT2D eigenvalue weighted by atomic mass is 9.68. The average Bonchev–Trinajstić information content (AvgIpc) is 3.72. The van der Waals surface area contributed by atoms with Crippen LogP contribution in [0.1, 0.15) is 35.1 Å². The molecule has 0 saturated heterocycles. The molecule has 1 spiro atoms. The maximum atomic E-state index is 6.84. The number of ether oxygens (including phenoxy) is 2. The van der Waals surface area contributed by atoms with E-state index in [4.69, 9.17) is 9.47 Å². The van der Waals surface area contributed by atoms with Gasteiger partial charge in [0.15, 0.2) is 23.0 Å². The first-order valence-electron chi connectivity index (χ1n) is 19.5. The van der Waals surface area contributed by atoms with E-state index < -0.39 is 0 Å². The van der Waals surface area contributed by atoms with Crippen molar-refractivity contribution < 1.29 is 9.47 Å². The van der Waals surface area contributed by atoms with Crippen molar-refractivity contribution in [3.63, 3.8) is 0 Å². The van der Waals surface area contributed by atoms with Crippen molar-refractivity contribution >= 4 is 33.4 Å². The lowest BCUT2D eigenvalue weighted by Gasteiger charge is -2.34. The third-order valence-corrected chi connectivity index (χ3v) is 12.2. The monoisotopic (exact) mass is 717 g/mol. The van der Waals surface area contributed by atoms with Crippen molar-refractivity contribution in [2.45, 2.75) is 18.3 Å². The lowest BCUT2D eigenvalue weighted by molar-refractivity contribution is 0.359. The fourth-order valence-corrected chi connectivity index (χ4v) is 9.80. The number of nitrogens with zero attached hydrogens (tertiary/aromatic N) is 1. The summed E-state index contributed by atoms with van der Waals surface area (Å²) in [6.45, 7) is 0. The Morgan fingerprint density at radius 1 is 0.429 bits per heavy atom. The summed E-state index contributed by atoms with van der Waals surface area (Å²) in [4.78, 5) is 2.31. The van der Waals surface area contributed by atoms with Crippen LogP contribution in [0.5, 0.6) is 23.0 Å². The van der Waals surface area contributed by atoms with Crippen molar-refractivity contribution in [2.24, 2.45) is 0 Å². The molecule has 0 saturated carbocycles. The Morgan fingerprint density at radius 3 is 1.93 bits per heavy atom. The zero-order valence-corrected chi connectivity index (χ0v) is 30.6. The molecule has 1 atom stereocenters. The zero-order chi connectivity index (χ0) is 36.8. The summed E-state index contributed by atoms with van der Waals surface area (Å²) >= 11 is 0. The molecule has 0 aromatic heterocycles. The van der Waals surface area contributed by atoms with Gasteiger partial charge in [-0.15, -0.1) is 0 Å². The molecule has 56 heavy (non-hydrogen) atoms. The van der Waals surface area contributed by atoms with E-state index in [9.17, 15) is 0 Å². The lowest BCUT2D eigenvalue weighted by Crippen LogP contribution is -2.27. The topological polar surface area (TPSA) is 21.7 Å². The van der Waals surface area contributed by atoms with E-state index >= 15 is 0 Å². The number of anilines is 3. The molecule has 0 fully saturated rings. The summed E-state index contributed by atoms with van der Waals surface area (Å²) < 4.78 is 13.5. The number of hydrogen-bond acceptors (Lipinski definition) is 3. The maximum Gasteiger partial charge on any atom is 0.170 e. The molecule has 0 bridgehead atoms. The molecule has 1 aliphatic heterocycles. The van der Waals surface area contributed by atoms with Crippen LogP contribution >= 0.6 is 0 Å². The SMILES string of the molecule is C1=CC2=C(CC1)C1(c3ccccc32)c2ccccc2-c2cc3c(cc21)Oc1cc(-c2ccc(N(c4ccccc4)c4ccc5ccccc5c4)cc2)ccc1O3. The van der Waals surface area contributed by atoms with E-state index in [1.807, 2.05) is 6.07 Å². The summed E-state index contributed by atoms with van der Waals surface area (Å²) in [6, 6.07) is 63.2. The number of hydrogen-bond donors (Lipinski definition) is 0. The first kappa shape index (κ1) is 31.3. The molecule has 3 aliphatic carbocycles. The van der Waals surface area contributed by atoms with Gasteiger partial charge in [0.05, 0.1) is 5.41 Å². The second-order valence-corrected chi connectivity index (χ2v) is 15.1. The third-order valence-electron chi connectivity index (χ3n) is 12.2. The standard InChI is InChI=1S/C53H35NO2/c1-2-14-38(15-3-1)54(40-28-24-34-12-4-5-13-36(34)30-40)39-26-22-35(23-27-39)37-25-29-49-50(31-37)56-52-33-48-44(32-51(52)55-49)43-18-8-11-21-47(43)53(48)45-19-9-6-16-41(45)42-17-7-10-20-46(42)53/h1-9,11-19,21-33H,10,20H2. The molecule has 3 nitrogen and oxygen atoms in total. The van der Waals surface area contributed by atoms with Crippen LogP contribution in [-0.4, -0.2) is 0 Å². The smallest absolute Gasteiger partial charge is 0.170 e. The Morgan fingerprint density at radius 2 is 1.07 bits per heavy atom. The van der Waals surface area contributed by atoms with E-state index in [-0.39, 0.29) is 5.41 Å². The van der Waals surface area contributed by atoms with Crippen LogP contribution in [0.4, 0.5) is 17.1 Å². The van der Waals surface area contributed by atoms with Gasteiger partial charge in [0, 0.05) is 17.1 Å². The summed E-state index contributed by atoms with van der Waals surface area (Å²) in [6.07, 6.45) is 6.74. The van der Waals surface area contributed by atoms with Gasteiger partial charge in [-0.25, -0.2) is 0 Å². The van der Waals surface area contributed by atoms with E-state index in [0.29, 0.717) is 0 Å². The van der Waals surface area contributed by atoms with Crippen molar-refractivity contribution in [1.82, 2.24) is 0 Å². The normalized spacial score (nSPS) is 16.6. The molecular formula is C53H35NO2. The fourth-order valence-electron chi connectivity index (χ4n) is 9.80. The molecule has 12 rings (SSSR count). The quantitative estimate of drug-likeness (QED) is 0.181. The minimum atomic E-state index is -0.356. The van der Waals surface area contributed by atoms with Crippen molar-refractivity contribution in [3.05, 3.63) is 216 Å². The van der Waals surface area contributed by atoms with Gasteiger partial charge >= 0.3 is 0 Å². The van der Waals surface area contributed by atoms with Crippen LogP contribution in [-0.2, 0) is 5.41 Å². The molecule has 0 N–H and O–H groups in total. The van der Waals surface area contributed by atoms with Crippen LogP contribution in [0.2, 0.25) is 0 Å². The van der Waals surface area contributed by atoms with Crippen LogP contribution in [0.25, 0.3) is 38.6 Å². The minimum Gasteiger partial charge on any atom is -0.449 e. The van der Waals surface area contributed by atoms with E-state index in [0.717, 1.165) is 64.0 Å². The molecule has 0 amide bonds. The molecule has 1 heterocycles. The van der Waals surface area contributed by atoms with Gasteiger partial charge in [-0.1, -0.05) is 127 Å². The highest BCUT2D eigenvalue weighted by molar-refractivity contribution is 5.98. The van der Waals surface area contributed by atoms with Crippen LogP contribution < -0.4 is 14.4 Å². The second-order valence-electron chi connectivity index (χ2n) is 15.1. The van der Waals surface area contributed by atoms with Gasteiger partial charge in [-0.2, -0.15) is 0 Å². The Hall–Kier alpha value is -7.10. The van der Waals surface area contributed by atoms with Crippen molar-refractivity contribution in [3.8, 4) is 45.3 Å². The molecule has 0 radical (unpaired) electrons. The highest BCUT2D eigenvalue weighted by atomic mass is 16.6. The Labute approximate surface area is 326 Å². The van der Waals surface area contributed by atoms with Gasteiger partial charge in [-0.3, -0.25) is 0 Å². The number of allylic oxidation sites excluding steroid dienone is 4. The van der Waals surface area contributed by atoms with Crippen LogP contribution in [0.3, 0.4) is 0 Å². The minimum absolute atomic E-state index is 0.356. The Kier molecular flexibility index (Phi) is 6.67. The maximum absolute atomic E-state index is 6.84. The first-order valence-corrected chi connectivity index (χ1v) is 19.5. The number of rotatable bonds is 4. The predicted molar refractivity (Wildman–Crippen MR) is 228 cm³/mol. The molecule has 1 unspecified atom stereocenters. The molecule has 8 aromatic carbocycles. The highest BCUT2D eigenvalue weighted by Gasteiger charge is 2.53. The number of fused-ring (bicyclic) bond motifs is 12. The van der Waals surface area contributed by atoms with Gasteiger partial charge < -0.3 is 14.4 Å². The summed E-state index contributed by atoms with van der Waals surface area (Å²) in [5, 5.41) is 2.44. The van der Waals surface area contributed by atoms with E-state index in [2.05, 4.69) is 187 Å². The highest BCUT2D eigenvalue weighted by Crippen LogP contribution is 2.65. The van der Waals surface area contributed by atoms with Crippen molar-refractivity contribution in [2.75, 3.05) is 4.90 Å². The summed E-state index contributed by atoms with van der Waals surface area (Å²) in [5.41, 5.74) is 15.8.